The van der Waals surface area contributed by atoms with E-state index >= 15 is 0 Å². The Bertz CT molecular complexity index is 1120. The lowest BCUT2D eigenvalue weighted by Crippen LogP contribution is -2.51. The summed E-state index contributed by atoms with van der Waals surface area (Å²) in [4.78, 5) is 36.7. The molecule has 2 aromatic carbocycles. The first-order valence-corrected chi connectivity index (χ1v) is 12.6. The van der Waals surface area contributed by atoms with Crippen molar-refractivity contribution in [2.75, 3.05) is 27.3 Å². The number of methoxy groups -OCH3 is 2. The molecule has 212 valence electrons. The Morgan fingerprint density at radius 1 is 0.795 bits per heavy atom. The molecule has 2 rings (SSSR count). The van der Waals surface area contributed by atoms with Crippen LogP contribution in [0.4, 0.5) is 9.59 Å². The van der Waals surface area contributed by atoms with Gasteiger partial charge in [-0.3, -0.25) is 4.79 Å². The number of amides is 3. The molecule has 0 aliphatic carbocycles. The predicted octanol–water partition coefficient (Wildman–Crippen LogP) is 4.63. The summed E-state index contributed by atoms with van der Waals surface area (Å²) in [6.45, 7) is 9.17. The number of benzene rings is 2. The zero-order valence-electron chi connectivity index (χ0n) is 23.6. The van der Waals surface area contributed by atoms with Gasteiger partial charge in [0.05, 0.1) is 14.2 Å². The first kappa shape index (κ1) is 31.0. The third-order valence-corrected chi connectivity index (χ3v) is 5.25. The molecule has 10 heteroatoms. The van der Waals surface area contributed by atoms with E-state index in [0.717, 1.165) is 11.1 Å². The highest BCUT2D eigenvalue weighted by atomic mass is 16.6. The summed E-state index contributed by atoms with van der Waals surface area (Å²) in [7, 11) is 3.20. The quantitative estimate of drug-likeness (QED) is 0.280. The van der Waals surface area contributed by atoms with Gasteiger partial charge in [-0.1, -0.05) is 38.1 Å². The maximum atomic E-state index is 12.5. The molecule has 1 unspecified atom stereocenters. The number of rotatable bonds is 11. The molecule has 0 saturated carbocycles. The second-order valence-corrected chi connectivity index (χ2v) is 10.0. The van der Waals surface area contributed by atoms with Gasteiger partial charge in [-0.2, -0.15) is 0 Å². The van der Waals surface area contributed by atoms with Gasteiger partial charge in [-0.25, -0.2) is 9.59 Å². The third-order valence-electron chi connectivity index (χ3n) is 5.25. The molecule has 0 spiro atoms. The van der Waals surface area contributed by atoms with Crippen molar-refractivity contribution in [3.8, 4) is 17.2 Å². The normalized spacial score (nSPS) is 12.0. The first-order valence-electron chi connectivity index (χ1n) is 12.6. The van der Waals surface area contributed by atoms with Gasteiger partial charge in [0.1, 0.15) is 28.9 Å². The third kappa shape index (κ3) is 11.4. The second-order valence-electron chi connectivity index (χ2n) is 10.0. The Labute approximate surface area is 230 Å². The molecule has 10 nitrogen and oxygen atoms in total. The van der Waals surface area contributed by atoms with Crippen LogP contribution in [0.5, 0.6) is 17.2 Å². The molecule has 0 bridgehead atoms. The second kappa shape index (κ2) is 14.7. The number of hydrogen-bond donors (Lipinski definition) is 3. The van der Waals surface area contributed by atoms with Gasteiger partial charge >= 0.3 is 12.2 Å². The summed E-state index contributed by atoms with van der Waals surface area (Å²) in [6, 6.07) is 11.8. The van der Waals surface area contributed by atoms with E-state index in [0.29, 0.717) is 17.2 Å². The maximum absolute atomic E-state index is 12.5. The Kier molecular flexibility index (Phi) is 11.7. The molecule has 0 fully saturated rings. The van der Waals surface area contributed by atoms with E-state index in [1.807, 2.05) is 50.3 Å². The van der Waals surface area contributed by atoms with Gasteiger partial charge in [0.2, 0.25) is 5.91 Å². The highest BCUT2D eigenvalue weighted by Crippen LogP contribution is 2.24. The van der Waals surface area contributed by atoms with Crippen molar-refractivity contribution in [1.29, 1.82) is 0 Å². The fourth-order valence-corrected chi connectivity index (χ4v) is 3.34. The topological polar surface area (TPSA) is 124 Å². The van der Waals surface area contributed by atoms with Gasteiger partial charge < -0.3 is 34.9 Å². The highest BCUT2D eigenvalue weighted by Gasteiger charge is 2.26. The maximum Gasteiger partial charge on any atom is 0.412 e. The number of hydrogen-bond acceptors (Lipinski definition) is 7. The predicted molar refractivity (Wildman–Crippen MR) is 150 cm³/mol. The van der Waals surface area contributed by atoms with Gasteiger partial charge in [-0.05, 0) is 62.1 Å². The lowest BCUT2D eigenvalue weighted by molar-refractivity contribution is -0.124. The fourth-order valence-electron chi connectivity index (χ4n) is 3.34. The zero-order chi connectivity index (χ0) is 29.0. The first-order chi connectivity index (χ1) is 18.4. The van der Waals surface area contributed by atoms with E-state index in [1.54, 1.807) is 53.2 Å². The lowest BCUT2D eigenvalue weighted by Gasteiger charge is -2.25. The molecule has 0 aliphatic rings. The van der Waals surface area contributed by atoms with Crippen LogP contribution < -0.4 is 30.2 Å². The molecular formula is C29H39N3O7. The van der Waals surface area contributed by atoms with Crippen LogP contribution in [-0.4, -0.2) is 57.0 Å². The van der Waals surface area contributed by atoms with Gasteiger partial charge in [0.25, 0.3) is 0 Å². The van der Waals surface area contributed by atoms with Crippen LogP contribution in [0.25, 0.3) is 12.2 Å². The number of alkyl carbamates (subject to hydrolysis) is 1. The van der Waals surface area contributed by atoms with Crippen molar-refractivity contribution >= 4 is 30.2 Å². The van der Waals surface area contributed by atoms with Crippen molar-refractivity contribution in [2.45, 2.75) is 46.3 Å². The Balaban J connectivity index is 1.79. The highest BCUT2D eigenvalue weighted by molar-refractivity contribution is 5.86. The Hall–Kier alpha value is -4.21. The van der Waals surface area contributed by atoms with E-state index in [9.17, 15) is 14.4 Å². The molecular weight excluding hydrogens is 502 g/mol. The monoisotopic (exact) mass is 541 g/mol. The lowest BCUT2D eigenvalue weighted by atomic mass is 10.0. The Morgan fingerprint density at radius 2 is 1.36 bits per heavy atom. The van der Waals surface area contributed by atoms with E-state index in [4.69, 9.17) is 18.9 Å². The van der Waals surface area contributed by atoms with Crippen molar-refractivity contribution in [1.82, 2.24) is 16.0 Å². The molecule has 0 radical (unpaired) electrons. The van der Waals surface area contributed by atoms with Crippen LogP contribution in [0.3, 0.4) is 0 Å². The summed E-state index contributed by atoms with van der Waals surface area (Å²) in [6.07, 6.45) is 2.53. The van der Waals surface area contributed by atoms with E-state index in [2.05, 4.69) is 16.0 Å². The molecule has 0 aromatic heterocycles. The largest absolute Gasteiger partial charge is 0.497 e. The molecule has 1 atom stereocenters. The summed E-state index contributed by atoms with van der Waals surface area (Å²) >= 11 is 0. The van der Waals surface area contributed by atoms with E-state index in [1.165, 1.54) is 0 Å². The minimum Gasteiger partial charge on any atom is -0.497 e. The number of carbonyl (C=O) groups excluding carboxylic acids is 3. The van der Waals surface area contributed by atoms with Gasteiger partial charge in [0.15, 0.2) is 0 Å². The Morgan fingerprint density at radius 3 is 1.90 bits per heavy atom. The van der Waals surface area contributed by atoms with E-state index in [-0.39, 0.29) is 24.9 Å². The van der Waals surface area contributed by atoms with Crippen LogP contribution in [0, 0.1) is 5.92 Å². The number of carbonyl (C=O) groups is 3. The van der Waals surface area contributed by atoms with Crippen LogP contribution >= 0.6 is 0 Å². The minimum absolute atomic E-state index is 0.145. The summed E-state index contributed by atoms with van der Waals surface area (Å²) in [5, 5.41) is 7.87. The minimum atomic E-state index is -0.773. The van der Waals surface area contributed by atoms with Crippen molar-refractivity contribution in [3.05, 3.63) is 53.6 Å². The van der Waals surface area contributed by atoms with Crippen LogP contribution in [-0.2, 0) is 9.53 Å². The fraction of sp³-hybridized carbons (Fsp3) is 0.414. The summed E-state index contributed by atoms with van der Waals surface area (Å²) in [5.74, 6) is 1.23. The van der Waals surface area contributed by atoms with Crippen LogP contribution in [0.1, 0.15) is 45.7 Å². The van der Waals surface area contributed by atoms with Gasteiger partial charge in [0, 0.05) is 19.2 Å². The molecule has 0 heterocycles. The molecule has 2 aromatic rings. The average molecular weight is 542 g/mol. The number of nitrogens with one attached hydrogen (secondary N) is 3. The molecule has 0 saturated heterocycles. The smallest absolute Gasteiger partial charge is 0.412 e. The van der Waals surface area contributed by atoms with Crippen molar-refractivity contribution in [3.63, 3.8) is 0 Å². The van der Waals surface area contributed by atoms with Crippen molar-refractivity contribution in [2.24, 2.45) is 5.92 Å². The van der Waals surface area contributed by atoms with Gasteiger partial charge in [-0.15, -0.1) is 0 Å². The molecule has 3 amide bonds. The molecule has 3 N–H and O–H groups in total. The summed E-state index contributed by atoms with van der Waals surface area (Å²) < 4.78 is 21.1. The van der Waals surface area contributed by atoms with E-state index < -0.39 is 23.8 Å². The SMILES string of the molecule is COc1cc(/C=C/c2ccc(OC(=O)NCCNC(=O)C(NC(=O)OC(C)(C)C)C(C)C)cc2)cc(OC)c1. The average Bonchev–Trinajstić information content (AvgIpc) is 2.87. The van der Waals surface area contributed by atoms with Crippen molar-refractivity contribution < 1.29 is 33.3 Å². The number of ether oxygens (including phenoxy) is 4. The molecule has 0 aliphatic heterocycles. The zero-order valence-corrected chi connectivity index (χ0v) is 23.6. The van der Waals surface area contributed by atoms with Crippen LogP contribution in [0.2, 0.25) is 0 Å². The van der Waals surface area contributed by atoms with Crippen LogP contribution in [0.15, 0.2) is 42.5 Å². The summed E-state index contributed by atoms with van der Waals surface area (Å²) in [5.41, 5.74) is 1.15. The standard InChI is InChI=1S/C29H39N3O7/c1-19(2)25(32-28(35)39-29(3,4)5)26(33)30-14-15-31-27(34)38-22-12-10-20(11-13-22)8-9-21-16-23(36-6)18-24(17-21)37-7/h8-13,16-19,25H,14-15H2,1-7H3,(H,30,33)(H,31,34)(H,32,35)/b9-8+. The molecule has 39 heavy (non-hydrogen) atoms.